The number of aromatic nitrogens is 3. The van der Waals surface area contributed by atoms with E-state index in [2.05, 4.69) is 15.0 Å². The normalized spacial score (nSPS) is 14.8. The zero-order valence-corrected chi connectivity index (χ0v) is 9.77. The minimum absolute atomic E-state index is 0.303. The van der Waals surface area contributed by atoms with Crippen molar-refractivity contribution in [2.24, 2.45) is 0 Å². The zero-order chi connectivity index (χ0) is 13.4. The average molecular weight is 268 g/mol. The number of halogens is 2. The largest absolute Gasteiger partial charge is 0.438 e. The van der Waals surface area contributed by atoms with Crippen LogP contribution in [0.4, 0.5) is 8.78 Å². The lowest BCUT2D eigenvalue weighted by Crippen LogP contribution is -2.36. The molecule has 3 rings (SSSR count). The molecule has 2 aromatic heterocycles. The van der Waals surface area contributed by atoms with Crippen molar-refractivity contribution in [2.45, 2.75) is 19.4 Å². The molecular weight excluding hydrogens is 258 g/mol. The van der Waals surface area contributed by atoms with E-state index in [0.29, 0.717) is 19.5 Å². The molecule has 1 aliphatic rings. The van der Waals surface area contributed by atoms with E-state index in [0.717, 1.165) is 17.8 Å². The summed E-state index contributed by atoms with van der Waals surface area (Å²) >= 11 is 0. The van der Waals surface area contributed by atoms with Gasteiger partial charge in [-0.25, -0.2) is 18.7 Å². The first-order valence-electron chi connectivity index (χ1n) is 5.68. The molecular formula is C11H10F2N4O2. The summed E-state index contributed by atoms with van der Waals surface area (Å²) in [6.07, 6.45) is 0.172. The van der Waals surface area contributed by atoms with Gasteiger partial charge in [0.1, 0.15) is 0 Å². The van der Waals surface area contributed by atoms with E-state index >= 15 is 0 Å². The van der Waals surface area contributed by atoms with Gasteiger partial charge in [0.15, 0.2) is 12.1 Å². The van der Waals surface area contributed by atoms with E-state index < -0.39 is 23.8 Å². The molecule has 0 aromatic carbocycles. The van der Waals surface area contributed by atoms with Crippen molar-refractivity contribution in [3.63, 3.8) is 0 Å². The number of nitrogens with zero attached hydrogens (tertiary/aromatic N) is 3. The number of aromatic amines is 1. The van der Waals surface area contributed by atoms with Gasteiger partial charge < -0.3 is 14.3 Å². The first kappa shape index (κ1) is 11.8. The monoisotopic (exact) mass is 268 g/mol. The molecule has 1 amide bonds. The van der Waals surface area contributed by atoms with Gasteiger partial charge in [-0.15, -0.1) is 0 Å². The van der Waals surface area contributed by atoms with Crippen LogP contribution in [0.5, 0.6) is 0 Å². The Labute approximate surface area is 106 Å². The summed E-state index contributed by atoms with van der Waals surface area (Å²) in [5, 5.41) is 0. The van der Waals surface area contributed by atoms with Crippen LogP contribution in [0.15, 0.2) is 17.1 Å². The molecule has 100 valence electrons. The lowest BCUT2D eigenvalue weighted by Gasteiger charge is -2.25. The number of fused-ring (bicyclic) bond motifs is 1. The molecule has 0 unspecified atom stereocenters. The number of hydrogen-bond donors (Lipinski definition) is 1. The molecule has 8 heteroatoms. The maximum atomic E-state index is 12.7. The van der Waals surface area contributed by atoms with E-state index in [1.54, 1.807) is 6.33 Å². The Morgan fingerprint density at radius 1 is 1.47 bits per heavy atom. The van der Waals surface area contributed by atoms with Gasteiger partial charge in [0.25, 0.3) is 12.3 Å². The summed E-state index contributed by atoms with van der Waals surface area (Å²) in [5.41, 5.74) is 1.11. The highest BCUT2D eigenvalue weighted by Gasteiger charge is 2.30. The van der Waals surface area contributed by atoms with Crippen molar-refractivity contribution >= 4 is 5.91 Å². The van der Waals surface area contributed by atoms with Crippen LogP contribution in [-0.4, -0.2) is 32.3 Å². The first-order valence-corrected chi connectivity index (χ1v) is 5.68. The van der Waals surface area contributed by atoms with Crippen LogP contribution in [-0.2, 0) is 13.0 Å². The molecule has 0 atom stereocenters. The standard InChI is InChI=1S/C11H10F2N4O2/c12-10(13)8-9(19-5-16-8)11(18)17-2-1-6-7(3-17)15-4-14-6/h4-5,10H,1-3H2,(H,14,15). The number of amides is 1. The molecule has 0 saturated carbocycles. The molecule has 19 heavy (non-hydrogen) atoms. The van der Waals surface area contributed by atoms with E-state index in [1.165, 1.54) is 4.90 Å². The van der Waals surface area contributed by atoms with Crippen LogP contribution in [0.3, 0.4) is 0 Å². The Bertz CT molecular complexity index is 607. The Hall–Kier alpha value is -2.25. The molecule has 2 aromatic rings. The van der Waals surface area contributed by atoms with Crippen molar-refractivity contribution in [3.8, 4) is 0 Å². The second-order valence-electron chi connectivity index (χ2n) is 4.17. The third kappa shape index (κ3) is 1.98. The molecule has 1 N–H and O–H groups in total. The third-order valence-electron chi connectivity index (χ3n) is 3.06. The zero-order valence-electron chi connectivity index (χ0n) is 9.77. The molecule has 0 radical (unpaired) electrons. The number of imidazole rings is 1. The number of alkyl halides is 2. The molecule has 0 aliphatic carbocycles. The fourth-order valence-electron chi connectivity index (χ4n) is 2.10. The fourth-order valence-corrected chi connectivity index (χ4v) is 2.10. The number of hydrogen-bond acceptors (Lipinski definition) is 4. The van der Waals surface area contributed by atoms with Crippen LogP contribution in [0.25, 0.3) is 0 Å². The lowest BCUT2D eigenvalue weighted by atomic mass is 10.1. The highest BCUT2D eigenvalue weighted by Crippen LogP contribution is 2.24. The average Bonchev–Trinajstić information content (AvgIpc) is 3.05. The van der Waals surface area contributed by atoms with Crippen LogP contribution in [0.2, 0.25) is 0 Å². The van der Waals surface area contributed by atoms with Crippen molar-refractivity contribution in [1.29, 1.82) is 0 Å². The van der Waals surface area contributed by atoms with E-state index in [-0.39, 0.29) is 0 Å². The highest BCUT2D eigenvalue weighted by molar-refractivity contribution is 5.92. The fraction of sp³-hybridized carbons (Fsp3) is 0.364. The molecule has 1 aliphatic heterocycles. The Morgan fingerprint density at radius 3 is 3.11 bits per heavy atom. The summed E-state index contributed by atoms with van der Waals surface area (Å²) in [4.78, 5) is 24.0. The van der Waals surface area contributed by atoms with E-state index in [4.69, 9.17) is 4.42 Å². The highest BCUT2D eigenvalue weighted by atomic mass is 19.3. The Morgan fingerprint density at radius 2 is 2.32 bits per heavy atom. The second-order valence-corrected chi connectivity index (χ2v) is 4.17. The van der Waals surface area contributed by atoms with Crippen LogP contribution >= 0.6 is 0 Å². The first-order chi connectivity index (χ1) is 9.16. The van der Waals surface area contributed by atoms with Crippen LogP contribution in [0.1, 0.15) is 34.1 Å². The predicted octanol–water partition coefficient (Wildman–Crippen LogP) is 1.53. The minimum Gasteiger partial charge on any atom is -0.438 e. The summed E-state index contributed by atoms with van der Waals surface area (Å²) in [5.74, 6) is -0.967. The van der Waals surface area contributed by atoms with Crippen LogP contribution < -0.4 is 0 Å². The van der Waals surface area contributed by atoms with Crippen molar-refractivity contribution in [3.05, 3.63) is 35.6 Å². The van der Waals surface area contributed by atoms with Gasteiger partial charge in [0.05, 0.1) is 24.3 Å². The number of nitrogens with one attached hydrogen (secondary N) is 1. The topological polar surface area (TPSA) is 75.0 Å². The van der Waals surface area contributed by atoms with Crippen molar-refractivity contribution in [1.82, 2.24) is 19.9 Å². The van der Waals surface area contributed by atoms with Crippen molar-refractivity contribution in [2.75, 3.05) is 6.54 Å². The predicted molar refractivity (Wildman–Crippen MR) is 58.5 cm³/mol. The van der Waals surface area contributed by atoms with Crippen molar-refractivity contribution < 1.29 is 18.0 Å². The summed E-state index contributed by atoms with van der Waals surface area (Å²) in [7, 11) is 0. The Kier molecular flexibility index (Phi) is 2.77. The molecule has 0 fully saturated rings. The van der Waals surface area contributed by atoms with Gasteiger partial charge in [0.2, 0.25) is 5.76 Å². The quantitative estimate of drug-likeness (QED) is 0.896. The molecule has 0 saturated heterocycles. The van der Waals surface area contributed by atoms with Gasteiger partial charge in [-0.1, -0.05) is 0 Å². The summed E-state index contributed by atoms with van der Waals surface area (Å²) in [6, 6.07) is 0. The smallest absolute Gasteiger partial charge is 0.292 e. The molecule has 6 nitrogen and oxygen atoms in total. The van der Waals surface area contributed by atoms with Gasteiger partial charge in [-0.2, -0.15) is 0 Å². The number of H-pyrrole nitrogens is 1. The van der Waals surface area contributed by atoms with Crippen LogP contribution in [0, 0.1) is 0 Å². The number of carbonyl (C=O) groups is 1. The second kappa shape index (κ2) is 4.45. The SMILES string of the molecule is O=C(c1ocnc1C(F)F)N1CCc2nc[nH]c2C1. The minimum atomic E-state index is -2.83. The number of carbonyl (C=O) groups excluding carboxylic acids is 1. The van der Waals surface area contributed by atoms with Gasteiger partial charge in [-0.05, 0) is 0 Å². The van der Waals surface area contributed by atoms with E-state index in [1.807, 2.05) is 0 Å². The summed E-state index contributed by atoms with van der Waals surface area (Å²) in [6.45, 7) is 0.720. The number of rotatable bonds is 2. The molecule has 0 bridgehead atoms. The lowest BCUT2D eigenvalue weighted by molar-refractivity contribution is 0.0683. The Balaban J connectivity index is 1.84. The molecule has 0 spiro atoms. The van der Waals surface area contributed by atoms with Gasteiger partial charge >= 0.3 is 0 Å². The van der Waals surface area contributed by atoms with Gasteiger partial charge in [-0.3, -0.25) is 4.79 Å². The maximum absolute atomic E-state index is 12.7. The van der Waals surface area contributed by atoms with E-state index in [9.17, 15) is 13.6 Å². The maximum Gasteiger partial charge on any atom is 0.292 e. The molecule has 3 heterocycles. The number of oxazole rings is 1. The summed E-state index contributed by atoms with van der Waals surface area (Å²) < 4.78 is 30.1. The van der Waals surface area contributed by atoms with Gasteiger partial charge in [0, 0.05) is 13.0 Å². The third-order valence-corrected chi connectivity index (χ3v) is 3.06.